The van der Waals surface area contributed by atoms with Gasteiger partial charge in [-0.15, -0.1) is 0 Å². The molecule has 4 rings (SSSR count). The molecule has 1 aromatic heterocycles. The van der Waals surface area contributed by atoms with Gasteiger partial charge in [0.25, 0.3) is 0 Å². The number of piperidine rings is 1. The Hall–Kier alpha value is -3.79. The van der Waals surface area contributed by atoms with E-state index in [9.17, 15) is 14.4 Å². The highest BCUT2D eigenvalue weighted by Gasteiger charge is 2.32. The van der Waals surface area contributed by atoms with Gasteiger partial charge in [-0.1, -0.05) is 30.3 Å². The average molecular weight is 510 g/mol. The average Bonchev–Trinajstić information content (AvgIpc) is 3.17. The van der Waals surface area contributed by atoms with Crippen molar-refractivity contribution in [1.82, 2.24) is 19.4 Å². The lowest BCUT2D eigenvalue weighted by Gasteiger charge is -2.39. The first-order valence-electron chi connectivity index (χ1n) is 12.7. The number of rotatable bonds is 8. The van der Waals surface area contributed by atoms with Crippen molar-refractivity contribution in [2.24, 2.45) is 11.7 Å². The van der Waals surface area contributed by atoms with Crippen LogP contribution in [0.1, 0.15) is 32.3 Å². The topological polar surface area (TPSA) is 121 Å². The van der Waals surface area contributed by atoms with Gasteiger partial charge in [0.2, 0.25) is 0 Å². The lowest BCUT2D eigenvalue weighted by atomic mass is 9.96. The van der Waals surface area contributed by atoms with Gasteiger partial charge >= 0.3 is 17.8 Å². The van der Waals surface area contributed by atoms with Crippen molar-refractivity contribution in [3.05, 3.63) is 64.6 Å². The molecule has 10 heteroatoms. The number of aromatic nitrogens is 2. The Morgan fingerprint density at radius 1 is 1.08 bits per heavy atom. The molecule has 198 valence electrons. The van der Waals surface area contributed by atoms with Crippen LogP contribution in [0.3, 0.4) is 0 Å². The van der Waals surface area contributed by atoms with E-state index in [1.54, 1.807) is 17.6 Å². The van der Waals surface area contributed by atoms with Crippen LogP contribution in [0.4, 0.5) is 9.59 Å². The molecule has 0 saturated carbocycles. The highest BCUT2D eigenvalue weighted by Crippen LogP contribution is 2.25. The number of ether oxygens (including phenoxy) is 2. The van der Waals surface area contributed by atoms with E-state index in [1.807, 2.05) is 56.3 Å². The van der Waals surface area contributed by atoms with E-state index in [1.165, 1.54) is 4.57 Å². The summed E-state index contributed by atoms with van der Waals surface area (Å²) in [7, 11) is 0. The first-order chi connectivity index (χ1) is 17.8. The zero-order chi connectivity index (χ0) is 26.5. The van der Waals surface area contributed by atoms with Gasteiger partial charge in [0.15, 0.2) is 12.3 Å². The van der Waals surface area contributed by atoms with Crippen molar-refractivity contribution in [3.63, 3.8) is 0 Å². The minimum Gasteiger partial charge on any atom is -0.471 e. The molecule has 1 saturated heterocycles. The van der Waals surface area contributed by atoms with Crippen molar-refractivity contribution in [1.29, 1.82) is 0 Å². The van der Waals surface area contributed by atoms with Crippen LogP contribution in [0.5, 0.6) is 5.75 Å². The molecule has 1 aliphatic rings. The molecule has 2 unspecified atom stereocenters. The molecule has 0 aliphatic carbocycles. The van der Waals surface area contributed by atoms with Gasteiger partial charge in [0.1, 0.15) is 5.75 Å². The van der Waals surface area contributed by atoms with E-state index in [2.05, 4.69) is 10.2 Å². The van der Waals surface area contributed by atoms with E-state index in [0.717, 1.165) is 29.7 Å². The van der Waals surface area contributed by atoms with Crippen molar-refractivity contribution >= 4 is 23.2 Å². The third kappa shape index (κ3) is 5.80. The highest BCUT2D eigenvalue weighted by atomic mass is 16.6. The summed E-state index contributed by atoms with van der Waals surface area (Å²) in [5, 5.41) is 2.95. The quantitative estimate of drug-likeness (QED) is 0.481. The number of para-hydroxylation sites is 3. The summed E-state index contributed by atoms with van der Waals surface area (Å²) in [4.78, 5) is 39.4. The van der Waals surface area contributed by atoms with Crippen LogP contribution in [0.2, 0.25) is 0 Å². The Balaban J connectivity index is 1.39. The molecule has 3 aromatic rings. The maximum absolute atomic E-state index is 13.0. The number of likely N-dealkylation sites (tertiary alicyclic amines) is 1. The molecular weight excluding hydrogens is 474 g/mol. The lowest BCUT2D eigenvalue weighted by molar-refractivity contribution is -0.0730. The van der Waals surface area contributed by atoms with Crippen molar-refractivity contribution in [3.8, 4) is 5.75 Å². The number of aryl methyl sites for hydroxylation is 2. The number of nitrogens with one attached hydrogen (secondary N) is 1. The largest absolute Gasteiger partial charge is 0.471 e. The zero-order valence-electron chi connectivity index (χ0n) is 21.6. The Bertz CT molecular complexity index is 1310. The highest BCUT2D eigenvalue weighted by molar-refractivity contribution is 5.89. The van der Waals surface area contributed by atoms with E-state index >= 15 is 0 Å². The number of carbonyl (C=O) groups excluding carboxylic acids is 2. The first kappa shape index (κ1) is 26.3. The number of fused-ring (bicyclic) bond motifs is 1. The van der Waals surface area contributed by atoms with Crippen LogP contribution in [0, 0.1) is 12.8 Å². The number of primary amides is 1. The van der Waals surface area contributed by atoms with Crippen LogP contribution < -0.4 is 21.5 Å². The monoisotopic (exact) mass is 509 g/mol. The van der Waals surface area contributed by atoms with Gasteiger partial charge in [-0.05, 0) is 63.3 Å². The second kappa shape index (κ2) is 11.5. The van der Waals surface area contributed by atoms with Crippen molar-refractivity contribution in [2.45, 2.75) is 52.5 Å². The van der Waals surface area contributed by atoms with Gasteiger partial charge in [0, 0.05) is 26.2 Å². The number of hydrogen-bond donors (Lipinski definition) is 2. The number of amides is 2. The minimum atomic E-state index is -0.844. The van der Waals surface area contributed by atoms with Gasteiger partial charge < -0.3 is 20.5 Å². The fourth-order valence-corrected chi connectivity index (χ4v) is 4.96. The van der Waals surface area contributed by atoms with Gasteiger partial charge in [-0.2, -0.15) is 0 Å². The molecule has 10 nitrogen and oxygen atoms in total. The summed E-state index contributed by atoms with van der Waals surface area (Å²) in [6.07, 6.45) is -0.298. The molecule has 1 aliphatic heterocycles. The molecule has 3 N–H and O–H groups in total. The smallest absolute Gasteiger partial charge is 0.404 e. The molecule has 2 aromatic carbocycles. The molecule has 1 fully saturated rings. The summed E-state index contributed by atoms with van der Waals surface area (Å²) in [5.41, 5.74) is 7.26. The number of hydrogen-bond acceptors (Lipinski definition) is 6. The summed E-state index contributed by atoms with van der Waals surface area (Å²) in [6.45, 7) is 7.95. The summed E-state index contributed by atoms with van der Waals surface area (Å²) >= 11 is 0. The predicted molar refractivity (Wildman–Crippen MR) is 141 cm³/mol. The maximum atomic E-state index is 13.0. The Kier molecular flexibility index (Phi) is 8.17. The third-order valence-electron chi connectivity index (χ3n) is 6.95. The summed E-state index contributed by atoms with van der Waals surface area (Å²) in [5.74, 6) is 0.959. The molecule has 2 heterocycles. The van der Waals surface area contributed by atoms with Crippen LogP contribution in [-0.4, -0.2) is 58.1 Å². The molecule has 0 bridgehead atoms. The number of nitrogens with two attached hydrogens (primary N) is 1. The van der Waals surface area contributed by atoms with Crippen molar-refractivity contribution < 1.29 is 19.1 Å². The summed E-state index contributed by atoms with van der Waals surface area (Å²) < 4.78 is 14.4. The predicted octanol–water partition coefficient (Wildman–Crippen LogP) is 3.29. The standard InChI is InChI=1S/C27H35N5O5/c1-4-31-21-10-6-7-11-22(21)32(27(31)35)26(34)29-17-20-13-15-30(16-14-20)24(19(3)36-25(28)33)37-23-12-8-5-9-18(23)2/h5-12,19-20,24H,4,13-17H2,1-3H3,(H2,28,33)(H,29,34). The number of benzene rings is 2. The van der Waals surface area contributed by atoms with E-state index in [4.69, 9.17) is 15.2 Å². The molecule has 0 spiro atoms. The second-order valence-electron chi connectivity index (χ2n) is 9.43. The van der Waals surface area contributed by atoms with Crippen LogP contribution in [-0.2, 0) is 11.3 Å². The maximum Gasteiger partial charge on any atom is 0.404 e. The Morgan fingerprint density at radius 2 is 1.73 bits per heavy atom. The summed E-state index contributed by atoms with van der Waals surface area (Å²) in [6, 6.07) is 14.6. The second-order valence-corrected chi connectivity index (χ2v) is 9.43. The van der Waals surface area contributed by atoms with Crippen LogP contribution in [0.25, 0.3) is 11.0 Å². The van der Waals surface area contributed by atoms with Gasteiger partial charge in [-0.25, -0.2) is 19.0 Å². The Morgan fingerprint density at radius 3 is 2.38 bits per heavy atom. The van der Waals surface area contributed by atoms with E-state index in [-0.39, 0.29) is 11.6 Å². The lowest BCUT2D eigenvalue weighted by Crippen LogP contribution is -2.52. The fourth-order valence-electron chi connectivity index (χ4n) is 4.96. The number of imidazole rings is 1. The van der Waals surface area contributed by atoms with Gasteiger partial charge in [0.05, 0.1) is 11.0 Å². The SMILES string of the molecule is CCn1c(=O)n(C(=O)NCC2CCN(C(Oc3ccccc3C)C(C)OC(N)=O)CC2)c2ccccc21. The zero-order valence-corrected chi connectivity index (χ0v) is 21.6. The third-order valence-corrected chi connectivity index (χ3v) is 6.95. The first-order valence-corrected chi connectivity index (χ1v) is 12.7. The van der Waals surface area contributed by atoms with Crippen LogP contribution >= 0.6 is 0 Å². The molecular formula is C27H35N5O5. The van der Waals surface area contributed by atoms with Crippen LogP contribution in [0.15, 0.2) is 53.3 Å². The number of nitrogens with zero attached hydrogens (tertiary/aromatic N) is 3. The van der Waals surface area contributed by atoms with E-state index < -0.39 is 24.5 Å². The van der Waals surface area contributed by atoms with E-state index in [0.29, 0.717) is 31.7 Å². The minimum absolute atomic E-state index is 0.238. The molecule has 2 amide bonds. The normalized spacial score (nSPS) is 16.3. The molecule has 37 heavy (non-hydrogen) atoms. The van der Waals surface area contributed by atoms with Crippen molar-refractivity contribution in [2.75, 3.05) is 19.6 Å². The fraction of sp³-hybridized carbons (Fsp3) is 0.444. The number of carbonyl (C=O) groups is 2. The molecule has 0 radical (unpaired) electrons. The molecule has 2 atom stereocenters. The Labute approximate surface area is 215 Å². The van der Waals surface area contributed by atoms with Gasteiger partial charge in [-0.3, -0.25) is 9.47 Å².